The van der Waals surface area contributed by atoms with Gasteiger partial charge >= 0.3 is 0 Å². The summed E-state index contributed by atoms with van der Waals surface area (Å²) in [5, 5.41) is 0. The fourth-order valence-corrected chi connectivity index (χ4v) is 0.899. The normalized spacial score (nSPS) is 9.69. The van der Waals surface area contributed by atoms with Crippen molar-refractivity contribution >= 4 is 5.91 Å². The van der Waals surface area contributed by atoms with Gasteiger partial charge in [0, 0.05) is 19.4 Å². The number of hydrogen-bond acceptors (Lipinski definition) is 4. The van der Waals surface area contributed by atoms with Crippen LogP contribution in [0.15, 0.2) is 18.6 Å². The minimum Gasteiger partial charge on any atom is -0.339 e. The van der Waals surface area contributed by atoms with Gasteiger partial charge in [0.15, 0.2) is 0 Å². The maximum atomic E-state index is 11.1. The third-order valence-electron chi connectivity index (χ3n) is 1.62. The maximum Gasteiger partial charge on any atom is 0.236 e. The molecule has 0 aliphatic heterocycles. The van der Waals surface area contributed by atoms with E-state index in [9.17, 15) is 4.79 Å². The molecule has 1 amide bonds. The molecule has 5 nitrogen and oxygen atoms in total. The van der Waals surface area contributed by atoms with E-state index in [1.165, 1.54) is 4.90 Å². The first-order valence-electron chi connectivity index (χ1n) is 3.93. The maximum absolute atomic E-state index is 11.1. The summed E-state index contributed by atoms with van der Waals surface area (Å²) in [4.78, 5) is 20.5. The lowest BCUT2D eigenvalue weighted by atomic mass is 10.4. The van der Waals surface area contributed by atoms with E-state index in [4.69, 9.17) is 5.73 Å². The summed E-state index contributed by atoms with van der Waals surface area (Å²) in [5.74, 6) is -0.106. The first-order valence-corrected chi connectivity index (χ1v) is 3.93. The fraction of sp³-hybridized carbons (Fsp3) is 0.375. The van der Waals surface area contributed by atoms with Crippen LogP contribution in [0.5, 0.6) is 0 Å². The Morgan fingerprint density at radius 3 is 2.92 bits per heavy atom. The van der Waals surface area contributed by atoms with E-state index in [2.05, 4.69) is 9.97 Å². The second kappa shape index (κ2) is 4.51. The van der Waals surface area contributed by atoms with Crippen LogP contribution in [0.1, 0.15) is 5.69 Å². The van der Waals surface area contributed by atoms with Crippen molar-refractivity contribution in [2.24, 2.45) is 5.73 Å². The first-order chi connectivity index (χ1) is 6.24. The van der Waals surface area contributed by atoms with Gasteiger partial charge in [-0.2, -0.15) is 0 Å². The Morgan fingerprint density at radius 1 is 1.62 bits per heavy atom. The quantitative estimate of drug-likeness (QED) is 0.673. The summed E-state index contributed by atoms with van der Waals surface area (Å²) in [6.07, 6.45) is 4.81. The van der Waals surface area contributed by atoms with Gasteiger partial charge in [-0.3, -0.25) is 14.8 Å². The van der Waals surface area contributed by atoms with E-state index in [1.807, 2.05) is 0 Å². The highest BCUT2D eigenvalue weighted by Crippen LogP contribution is 1.96. The molecule has 1 rings (SSSR count). The highest BCUT2D eigenvalue weighted by molar-refractivity contribution is 5.77. The summed E-state index contributed by atoms with van der Waals surface area (Å²) in [6.45, 7) is 0.473. The Hall–Kier alpha value is -1.49. The molecule has 70 valence electrons. The molecule has 0 saturated heterocycles. The molecular formula is C8H12N4O. The van der Waals surface area contributed by atoms with Gasteiger partial charge in [0.25, 0.3) is 0 Å². The van der Waals surface area contributed by atoms with Gasteiger partial charge in [-0.25, -0.2) is 0 Å². The lowest BCUT2D eigenvalue weighted by molar-refractivity contribution is -0.128. The monoisotopic (exact) mass is 180 g/mol. The van der Waals surface area contributed by atoms with E-state index in [0.29, 0.717) is 6.54 Å². The van der Waals surface area contributed by atoms with Gasteiger partial charge in [-0.05, 0) is 0 Å². The predicted octanol–water partition coefficient (Wildman–Crippen LogP) is -0.606. The van der Waals surface area contributed by atoms with Crippen molar-refractivity contribution in [3.05, 3.63) is 24.3 Å². The zero-order chi connectivity index (χ0) is 9.68. The number of rotatable bonds is 3. The van der Waals surface area contributed by atoms with Gasteiger partial charge in [0.05, 0.1) is 25.0 Å². The van der Waals surface area contributed by atoms with Crippen LogP contribution >= 0.6 is 0 Å². The van der Waals surface area contributed by atoms with E-state index in [1.54, 1.807) is 25.6 Å². The Labute approximate surface area is 76.6 Å². The molecule has 1 heterocycles. The number of aromatic nitrogens is 2. The number of carbonyl (C=O) groups is 1. The number of amides is 1. The molecule has 0 aliphatic rings. The van der Waals surface area contributed by atoms with Gasteiger partial charge in [0.2, 0.25) is 5.91 Å². The van der Waals surface area contributed by atoms with Crippen LogP contribution in [0.25, 0.3) is 0 Å². The summed E-state index contributed by atoms with van der Waals surface area (Å²) in [5.41, 5.74) is 5.96. The van der Waals surface area contributed by atoms with E-state index in [0.717, 1.165) is 5.69 Å². The van der Waals surface area contributed by atoms with Crippen molar-refractivity contribution in [1.82, 2.24) is 14.9 Å². The predicted molar refractivity (Wildman–Crippen MR) is 47.6 cm³/mol. The molecule has 0 fully saturated rings. The zero-order valence-corrected chi connectivity index (χ0v) is 7.47. The van der Waals surface area contributed by atoms with Crippen LogP contribution in [-0.4, -0.2) is 34.4 Å². The standard InChI is InChI=1S/C8H12N4O/c1-12(8(13)4-9)6-7-5-10-2-3-11-7/h2-3,5H,4,6,9H2,1H3. The number of carbonyl (C=O) groups excluding carboxylic acids is 1. The second-order valence-corrected chi connectivity index (χ2v) is 2.65. The summed E-state index contributed by atoms with van der Waals surface area (Å²) in [7, 11) is 1.68. The third-order valence-corrected chi connectivity index (χ3v) is 1.62. The third kappa shape index (κ3) is 2.79. The molecule has 2 N–H and O–H groups in total. The molecule has 0 bridgehead atoms. The van der Waals surface area contributed by atoms with Gasteiger partial charge in [-0.15, -0.1) is 0 Å². The smallest absolute Gasteiger partial charge is 0.236 e. The van der Waals surface area contributed by atoms with Crippen LogP contribution in [-0.2, 0) is 11.3 Å². The van der Waals surface area contributed by atoms with Crippen LogP contribution in [0.3, 0.4) is 0 Å². The van der Waals surface area contributed by atoms with Crippen molar-refractivity contribution in [2.45, 2.75) is 6.54 Å². The lowest BCUT2D eigenvalue weighted by Gasteiger charge is -2.14. The molecule has 13 heavy (non-hydrogen) atoms. The minimum absolute atomic E-state index is 0.0246. The largest absolute Gasteiger partial charge is 0.339 e. The molecule has 0 saturated carbocycles. The minimum atomic E-state index is -0.106. The average Bonchev–Trinajstić information content (AvgIpc) is 2.18. The highest BCUT2D eigenvalue weighted by atomic mass is 16.2. The summed E-state index contributed by atoms with van der Waals surface area (Å²) in [6, 6.07) is 0. The van der Waals surface area contributed by atoms with Gasteiger partial charge in [-0.1, -0.05) is 0 Å². The van der Waals surface area contributed by atoms with E-state index in [-0.39, 0.29) is 12.5 Å². The van der Waals surface area contributed by atoms with Crippen LogP contribution in [0.2, 0.25) is 0 Å². The van der Waals surface area contributed by atoms with E-state index >= 15 is 0 Å². The summed E-state index contributed by atoms with van der Waals surface area (Å²) < 4.78 is 0. The number of hydrogen-bond donors (Lipinski definition) is 1. The molecular weight excluding hydrogens is 168 g/mol. The van der Waals surface area contributed by atoms with Crippen molar-refractivity contribution in [1.29, 1.82) is 0 Å². The van der Waals surface area contributed by atoms with Crippen molar-refractivity contribution < 1.29 is 4.79 Å². The van der Waals surface area contributed by atoms with Gasteiger partial charge < -0.3 is 10.6 Å². The number of nitrogens with two attached hydrogens (primary N) is 1. The molecule has 0 atom stereocenters. The first kappa shape index (κ1) is 9.60. The Morgan fingerprint density at radius 2 is 2.38 bits per heavy atom. The Bertz CT molecular complexity index is 275. The molecule has 0 spiro atoms. The highest BCUT2D eigenvalue weighted by Gasteiger charge is 2.06. The molecule has 1 aromatic heterocycles. The lowest BCUT2D eigenvalue weighted by Crippen LogP contribution is -2.32. The molecule has 0 aliphatic carbocycles. The molecule has 0 radical (unpaired) electrons. The second-order valence-electron chi connectivity index (χ2n) is 2.65. The van der Waals surface area contributed by atoms with E-state index < -0.39 is 0 Å². The van der Waals surface area contributed by atoms with Crippen molar-refractivity contribution in [2.75, 3.05) is 13.6 Å². The van der Waals surface area contributed by atoms with Crippen LogP contribution in [0, 0.1) is 0 Å². The average molecular weight is 180 g/mol. The fourth-order valence-electron chi connectivity index (χ4n) is 0.899. The van der Waals surface area contributed by atoms with Crippen molar-refractivity contribution in [3.63, 3.8) is 0 Å². The molecule has 0 aromatic carbocycles. The molecule has 1 aromatic rings. The number of nitrogens with zero attached hydrogens (tertiary/aromatic N) is 3. The number of likely N-dealkylation sites (N-methyl/N-ethyl adjacent to an activating group) is 1. The summed E-state index contributed by atoms with van der Waals surface area (Å²) >= 11 is 0. The Balaban J connectivity index is 2.55. The Kier molecular flexibility index (Phi) is 3.33. The molecule has 0 unspecified atom stereocenters. The van der Waals surface area contributed by atoms with Crippen molar-refractivity contribution in [3.8, 4) is 0 Å². The topological polar surface area (TPSA) is 72.1 Å². The SMILES string of the molecule is CN(Cc1cnccn1)C(=O)CN. The van der Waals surface area contributed by atoms with Crippen LogP contribution < -0.4 is 5.73 Å². The van der Waals surface area contributed by atoms with Crippen LogP contribution in [0.4, 0.5) is 0 Å². The zero-order valence-electron chi connectivity index (χ0n) is 7.47. The van der Waals surface area contributed by atoms with Gasteiger partial charge in [0.1, 0.15) is 0 Å². The molecule has 5 heteroatoms.